The fourth-order valence-corrected chi connectivity index (χ4v) is 6.37. The van der Waals surface area contributed by atoms with Crippen molar-refractivity contribution >= 4 is 17.6 Å². The minimum absolute atomic E-state index is 0.0450. The average molecular weight is 535 g/mol. The molecule has 1 aromatic rings. The fraction of sp³-hybridized carbons (Fsp3) is 0.621. The van der Waals surface area contributed by atoms with Gasteiger partial charge >= 0.3 is 6.18 Å². The first-order chi connectivity index (χ1) is 17.7. The lowest BCUT2D eigenvalue weighted by atomic mass is 9.72. The van der Waals surface area contributed by atoms with E-state index in [2.05, 4.69) is 5.32 Å². The molecule has 4 atom stereocenters. The van der Waals surface area contributed by atoms with Gasteiger partial charge in [-0.15, -0.1) is 0 Å². The summed E-state index contributed by atoms with van der Waals surface area (Å²) in [4.78, 5) is 41.7. The Balaban J connectivity index is 1.72. The van der Waals surface area contributed by atoms with E-state index in [1.165, 1.54) is 12.0 Å². The quantitative estimate of drug-likeness (QED) is 0.534. The smallest absolute Gasteiger partial charge is 0.425 e. The molecule has 38 heavy (non-hydrogen) atoms. The number of amides is 2. The predicted octanol–water partition coefficient (Wildman–Crippen LogP) is 5.36. The van der Waals surface area contributed by atoms with E-state index in [-0.39, 0.29) is 43.2 Å². The van der Waals surface area contributed by atoms with Crippen molar-refractivity contribution in [3.05, 3.63) is 41.1 Å². The molecule has 0 aromatic heterocycles. The van der Waals surface area contributed by atoms with Crippen LogP contribution in [-0.2, 0) is 20.8 Å². The first-order valence-electron chi connectivity index (χ1n) is 13.3. The number of carbonyl (C=O) groups is 3. The topological polar surface area (TPSA) is 75.7 Å². The second kappa shape index (κ2) is 10.0. The molecule has 4 rings (SSSR count). The summed E-state index contributed by atoms with van der Waals surface area (Å²) in [6, 6.07) is 6.40. The van der Waals surface area contributed by atoms with Gasteiger partial charge < -0.3 is 15.0 Å². The van der Waals surface area contributed by atoms with Crippen molar-refractivity contribution in [2.24, 2.45) is 17.3 Å². The number of hydrogen-bond donors (Lipinski definition) is 1. The maximum absolute atomic E-state index is 15.1. The van der Waals surface area contributed by atoms with Crippen LogP contribution in [0.15, 0.2) is 35.5 Å². The lowest BCUT2D eigenvalue weighted by Crippen LogP contribution is -2.67. The fourth-order valence-electron chi connectivity index (χ4n) is 6.37. The number of Topliss-reactive ketones (excluding diaryl/α,β-unsaturated/α-hetero) is 1. The molecule has 0 saturated heterocycles. The Morgan fingerprint density at radius 2 is 1.76 bits per heavy atom. The van der Waals surface area contributed by atoms with Crippen LogP contribution in [0, 0.1) is 17.3 Å². The van der Waals surface area contributed by atoms with E-state index in [1.54, 1.807) is 24.3 Å². The van der Waals surface area contributed by atoms with Crippen molar-refractivity contribution < 1.29 is 32.3 Å². The Bertz CT molecular complexity index is 1140. The van der Waals surface area contributed by atoms with Gasteiger partial charge in [0.25, 0.3) is 5.91 Å². The Labute approximate surface area is 222 Å². The molecule has 1 heterocycles. The molecule has 1 fully saturated rings. The molecule has 2 amide bonds. The van der Waals surface area contributed by atoms with E-state index < -0.39 is 46.3 Å². The summed E-state index contributed by atoms with van der Waals surface area (Å²) < 4.78 is 50.3. The number of rotatable bonds is 6. The van der Waals surface area contributed by atoms with Gasteiger partial charge in [-0.25, -0.2) is 0 Å². The van der Waals surface area contributed by atoms with Crippen LogP contribution >= 0.6 is 0 Å². The number of methoxy groups -OCH3 is 1. The van der Waals surface area contributed by atoms with Crippen LogP contribution in [0.5, 0.6) is 5.75 Å². The highest BCUT2D eigenvalue weighted by Crippen LogP contribution is 2.53. The molecule has 1 saturated carbocycles. The van der Waals surface area contributed by atoms with E-state index in [9.17, 15) is 14.4 Å². The Hall–Kier alpha value is -2.84. The van der Waals surface area contributed by atoms with Crippen molar-refractivity contribution in [2.75, 3.05) is 7.11 Å². The molecule has 3 aliphatic rings. The Morgan fingerprint density at radius 1 is 1.11 bits per heavy atom. The molecule has 1 N–H and O–H groups in total. The van der Waals surface area contributed by atoms with E-state index in [1.807, 2.05) is 27.7 Å². The van der Waals surface area contributed by atoms with E-state index in [4.69, 9.17) is 4.74 Å². The molecule has 0 radical (unpaired) electrons. The molecule has 6 nitrogen and oxygen atoms in total. The number of allylic oxidation sites excluding steroid dienone is 1. The molecule has 9 heteroatoms. The van der Waals surface area contributed by atoms with Crippen molar-refractivity contribution in [1.29, 1.82) is 0 Å². The van der Waals surface area contributed by atoms with Crippen LogP contribution in [-0.4, -0.2) is 47.4 Å². The van der Waals surface area contributed by atoms with Gasteiger partial charge in [-0.2, -0.15) is 13.2 Å². The number of aryl methyl sites for hydroxylation is 1. The molecular formula is C29H37F3N2O4. The average Bonchev–Trinajstić information content (AvgIpc) is 3.07. The first-order valence-corrected chi connectivity index (χ1v) is 13.3. The zero-order valence-corrected chi connectivity index (χ0v) is 22.7. The summed E-state index contributed by atoms with van der Waals surface area (Å²) in [5.74, 6) is -2.10. The van der Waals surface area contributed by atoms with Crippen LogP contribution in [0.4, 0.5) is 13.2 Å². The molecule has 2 aliphatic carbocycles. The van der Waals surface area contributed by atoms with Crippen LogP contribution in [0.25, 0.3) is 0 Å². The number of hydrogen-bond acceptors (Lipinski definition) is 4. The summed E-state index contributed by atoms with van der Waals surface area (Å²) in [7, 11) is 1.52. The minimum atomic E-state index is -5.18. The number of alkyl halides is 3. The van der Waals surface area contributed by atoms with Crippen LogP contribution in [0.1, 0.15) is 71.8 Å². The van der Waals surface area contributed by atoms with Crippen molar-refractivity contribution in [2.45, 2.75) is 90.4 Å². The van der Waals surface area contributed by atoms with Crippen molar-refractivity contribution in [3.8, 4) is 5.75 Å². The van der Waals surface area contributed by atoms with Gasteiger partial charge in [0.2, 0.25) is 11.4 Å². The summed E-state index contributed by atoms with van der Waals surface area (Å²) >= 11 is 0. The molecule has 1 aliphatic heterocycles. The standard InChI is InChI=1S/C29H37F3N2O4/c1-17-7-6-8-21(18(17)2)34-22-15-27(3,4)16-23(35)25(22)28(26(34)37,29(30,31)32)33-24(36)14-11-19-9-12-20(38-5)13-10-19/h9-10,12-13,17-18,21H,6-8,11,14-16H2,1-5H3,(H,33,36)/t17-,18+,21-,28+/m1/s1. The largest absolute Gasteiger partial charge is 0.497 e. The van der Waals surface area contributed by atoms with Gasteiger partial charge in [0, 0.05) is 24.6 Å². The number of ether oxygens (including phenoxy) is 1. The zero-order chi connectivity index (χ0) is 28.0. The van der Waals surface area contributed by atoms with Gasteiger partial charge in [-0.05, 0) is 54.2 Å². The lowest BCUT2D eigenvalue weighted by molar-refractivity contribution is -0.195. The predicted molar refractivity (Wildman–Crippen MR) is 136 cm³/mol. The van der Waals surface area contributed by atoms with Crippen LogP contribution in [0.2, 0.25) is 0 Å². The van der Waals surface area contributed by atoms with E-state index in [0.29, 0.717) is 12.2 Å². The first kappa shape index (κ1) is 28.2. The third kappa shape index (κ3) is 4.84. The normalized spacial score (nSPS) is 29.4. The molecule has 1 aromatic carbocycles. The Kier molecular flexibility index (Phi) is 7.45. The molecule has 0 bridgehead atoms. The highest BCUT2D eigenvalue weighted by Gasteiger charge is 2.72. The van der Waals surface area contributed by atoms with Crippen molar-refractivity contribution in [1.82, 2.24) is 10.2 Å². The second-order valence-electron chi connectivity index (χ2n) is 11.9. The minimum Gasteiger partial charge on any atom is -0.497 e. The summed E-state index contributed by atoms with van der Waals surface area (Å²) in [5, 5.41) is 2.07. The maximum Gasteiger partial charge on any atom is 0.425 e. The van der Waals surface area contributed by atoms with Crippen LogP contribution < -0.4 is 10.1 Å². The maximum atomic E-state index is 15.1. The monoisotopic (exact) mass is 534 g/mol. The molecule has 0 spiro atoms. The number of halogens is 3. The third-order valence-corrected chi connectivity index (χ3v) is 8.61. The SMILES string of the molecule is COc1ccc(CCC(=O)N[C@]2(C(F)(F)F)C(=O)N([C@@H]3CCC[C@@H](C)[C@@H]3C)C3=C2C(=O)CC(C)(C)C3)cc1. The van der Waals surface area contributed by atoms with Crippen LogP contribution in [0.3, 0.4) is 0 Å². The van der Waals surface area contributed by atoms with E-state index in [0.717, 1.165) is 18.4 Å². The zero-order valence-electron chi connectivity index (χ0n) is 22.7. The van der Waals surface area contributed by atoms with Gasteiger partial charge in [-0.3, -0.25) is 14.4 Å². The highest BCUT2D eigenvalue weighted by atomic mass is 19.4. The third-order valence-electron chi connectivity index (χ3n) is 8.61. The molecule has 208 valence electrons. The van der Waals surface area contributed by atoms with E-state index >= 15 is 13.2 Å². The summed E-state index contributed by atoms with van der Waals surface area (Å²) in [6.07, 6.45) is -2.96. The number of nitrogens with zero attached hydrogens (tertiary/aromatic N) is 1. The van der Waals surface area contributed by atoms with Gasteiger partial charge in [0.05, 0.1) is 12.7 Å². The lowest BCUT2D eigenvalue weighted by Gasteiger charge is -2.43. The number of benzene rings is 1. The highest BCUT2D eigenvalue weighted by molar-refractivity contribution is 6.13. The molecule has 0 unspecified atom stereocenters. The second-order valence-corrected chi connectivity index (χ2v) is 11.9. The number of ketones is 1. The van der Waals surface area contributed by atoms with Crippen molar-refractivity contribution in [3.63, 3.8) is 0 Å². The number of nitrogens with one attached hydrogen (secondary N) is 1. The molecular weight excluding hydrogens is 497 g/mol. The van der Waals surface area contributed by atoms with Gasteiger partial charge in [0.1, 0.15) is 5.75 Å². The summed E-state index contributed by atoms with van der Waals surface area (Å²) in [5.41, 5.74) is -3.68. The van der Waals surface area contributed by atoms with Gasteiger partial charge in [-0.1, -0.05) is 52.7 Å². The Morgan fingerprint density at radius 3 is 2.37 bits per heavy atom. The van der Waals surface area contributed by atoms with Gasteiger partial charge in [0.15, 0.2) is 5.78 Å². The summed E-state index contributed by atoms with van der Waals surface area (Å²) in [6.45, 7) is 7.65. The number of carbonyl (C=O) groups excluding carboxylic acids is 3.